The Morgan fingerprint density at radius 3 is 2.52 bits per heavy atom. The predicted molar refractivity (Wildman–Crippen MR) is 118 cm³/mol. The van der Waals surface area contributed by atoms with Gasteiger partial charge >= 0.3 is 0 Å². The Kier molecular flexibility index (Phi) is 5.66. The first-order chi connectivity index (χ1) is 13.9. The minimum absolute atomic E-state index is 0.261. The van der Waals surface area contributed by atoms with Crippen molar-refractivity contribution in [2.45, 2.75) is 44.7 Å². The maximum atomic E-state index is 12.5. The van der Waals surface area contributed by atoms with Crippen molar-refractivity contribution in [3.8, 4) is 0 Å². The fourth-order valence-corrected chi connectivity index (χ4v) is 4.57. The van der Waals surface area contributed by atoms with E-state index < -0.39 is 0 Å². The predicted octanol–water partition coefficient (Wildman–Crippen LogP) is 6.25. The van der Waals surface area contributed by atoms with Gasteiger partial charge in [0.2, 0.25) is 0 Å². The second-order valence-corrected chi connectivity index (χ2v) is 9.11. The van der Waals surface area contributed by atoms with E-state index in [1.807, 2.05) is 12.1 Å². The van der Waals surface area contributed by atoms with Gasteiger partial charge in [0.15, 0.2) is 5.76 Å². The Morgan fingerprint density at radius 1 is 1.07 bits per heavy atom. The van der Waals surface area contributed by atoms with Gasteiger partial charge in [0.1, 0.15) is 12.1 Å². The summed E-state index contributed by atoms with van der Waals surface area (Å²) in [4.78, 5) is 12.5. The summed E-state index contributed by atoms with van der Waals surface area (Å²) in [5.41, 5.74) is 2.70. The van der Waals surface area contributed by atoms with Crippen molar-refractivity contribution in [2.75, 3.05) is 19.4 Å². The standard InChI is InChI=1S/C24H27ClN2O2/c1-27(2,21-6-4-3-5-7-21)16-17-8-11-20(12-9-17)26-24(28)23-15-18-14-19(25)10-13-22(18)29-23/h8-15,21H,3-7,16H2,1-2H3/p+1. The molecule has 1 aliphatic rings. The van der Waals surface area contributed by atoms with E-state index in [0.29, 0.717) is 10.6 Å². The summed E-state index contributed by atoms with van der Waals surface area (Å²) < 4.78 is 6.66. The number of amides is 1. The molecule has 5 heteroatoms. The molecule has 1 saturated carbocycles. The Labute approximate surface area is 177 Å². The van der Waals surface area contributed by atoms with Crippen molar-refractivity contribution in [3.05, 3.63) is 64.9 Å². The second kappa shape index (κ2) is 8.21. The molecule has 4 nitrogen and oxygen atoms in total. The van der Waals surface area contributed by atoms with Gasteiger partial charge in [0.25, 0.3) is 5.91 Å². The van der Waals surface area contributed by atoms with Gasteiger partial charge in [-0.3, -0.25) is 4.79 Å². The van der Waals surface area contributed by atoms with Gasteiger partial charge in [-0.2, -0.15) is 0 Å². The van der Waals surface area contributed by atoms with E-state index in [1.165, 1.54) is 37.7 Å². The first-order valence-corrected chi connectivity index (χ1v) is 10.7. The maximum absolute atomic E-state index is 12.5. The number of anilines is 1. The lowest BCUT2D eigenvalue weighted by Crippen LogP contribution is -2.48. The highest BCUT2D eigenvalue weighted by Crippen LogP contribution is 2.28. The van der Waals surface area contributed by atoms with Gasteiger partial charge in [-0.1, -0.05) is 30.2 Å². The zero-order valence-corrected chi connectivity index (χ0v) is 17.8. The van der Waals surface area contributed by atoms with Crippen LogP contribution in [0.4, 0.5) is 5.69 Å². The average molecular weight is 412 g/mol. The number of benzene rings is 2. The number of carbonyl (C=O) groups is 1. The molecule has 1 aromatic heterocycles. The number of quaternary nitrogens is 1. The van der Waals surface area contributed by atoms with Crippen LogP contribution in [0.5, 0.6) is 0 Å². The van der Waals surface area contributed by atoms with Gasteiger partial charge in [-0.05, 0) is 62.1 Å². The molecule has 1 amide bonds. The second-order valence-electron chi connectivity index (χ2n) is 8.67. The molecule has 1 N–H and O–H groups in total. The molecule has 0 bridgehead atoms. The molecular weight excluding hydrogens is 384 g/mol. The van der Waals surface area contributed by atoms with E-state index in [4.69, 9.17) is 16.0 Å². The zero-order valence-electron chi connectivity index (χ0n) is 17.1. The summed E-state index contributed by atoms with van der Waals surface area (Å²) in [5, 5.41) is 4.36. The topological polar surface area (TPSA) is 42.2 Å². The highest BCUT2D eigenvalue weighted by Gasteiger charge is 2.29. The van der Waals surface area contributed by atoms with E-state index in [2.05, 4.69) is 31.5 Å². The van der Waals surface area contributed by atoms with Crippen LogP contribution in [0.15, 0.2) is 52.9 Å². The zero-order chi connectivity index (χ0) is 20.4. The number of fused-ring (bicyclic) bond motifs is 1. The molecule has 0 saturated heterocycles. The third-order valence-corrected chi connectivity index (χ3v) is 6.30. The Morgan fingerprint density at radius 2 is 1.79 bits per heavy atom. The molecule has 0 unspecified atom stereocenters. The van der Waals surface area contributed by atoms with Crippen molar-refractivity contribution < 1.29 is 13.7 Å². The van der Waals surface area contributed by atoms with Crippen LogP contribution in [0.2, 0.25) is 5.02 Å². The Hall–Kier alpha value is -2.30. The van der Waals surface area contributed by atoms with Crippen LogP contribution in [0, 0.1) is 0 Å². The van der Waals surface area contributed by atoms with E-state index in [1.54, 1.807) is 24.3 Å². The molecule has 1 aliphatic carbocycles. The summed E-state index contributed by atoms with van der Waals surface area (Å²) in [7, 11) is 4.67. The van der Waals surface area contributed by atoms with Crippen LogP contribution >= 0.6 is 11.6 Å². The number of nitrogens with zero attached hydrogens (tertiary/aromatic N) is 1. The van der Waals surface area contributed by atoms with Crippen molar-refractivity contribution in [2.24, 2.45) is 0 Å². The first kappa shape index (κ1) is 20.0. The van der Waals surface area contributed by atoms with Gasteiger partial charge in [0, 0.05) is 21.7 Å². The lowest BCUT2D eigenvalue weighted by Gasteiger charge is -2.40. The fraction of sp³-hybridized carbons (Fsp3) is 0.375. The van der Waals surface area contributed by atoms with Gasteiger partial charge in [0.05, 0.1) is 20.1 Å². The molecule has 0 spiro atoms. The van der Waals surface area contributed by atoms with Crippen molar-refractivity contribution in [1.29, 1.82) is 0 Å². The maximum Gasteiger partial charge on any atom is 0.291 e. The van der Waals surface area contributed by atoms with Crippen molar-refractivity contribution in [1.82, 2.24) is 0 Å². The number of rotatable bonds is 5. The normalized spacial score (nSPS) is 15.6. The molecule has 0 aliphatic heterocycles. The smallest absolute Gasteiger partial charge is 0.291 e. The largest absolute Gasteiger partial charge is 0.451 e. The summed E-state index contributed by atoms with van der Waals surface area (Å²) in [6.07, 6.45) is 6.73. The monoisotopic (exact) mass is 411 g/mol. The summed E-state index contributed by atoms with van der Waals surface area (Å²) in [6.45, 7) is 1.00. The highest BCUT2D eigenvalue weighted by molar-refractivity contribution is 6.31. The van der Waals surface area contributed by atoms with E-state index >= 15 is 0 Å². The summed E-state index contributed by atoms with van der Waals surface area (Å²) in [5.74, 6) is 0.0184. The molecule has 1 heterocycles. The minimum atomic E-state index is -0.261. The van der Waals surface area contributed by atoms with Crippen LogP contribution in [0.25, 0.3) is 11.0 Å². The molecule has 0 radical (unpaired) electrons. The van der Waals surface area contributed by atoms with Gasteiger partial charge in [-0.15, -0.1) is 0 Å². The van der Waals surface area contributed by atoms with Gasteiger partial charge < -0.3 is 14.2 Å². The highest BCUT2D eigenvalue weighted by atomic mass is 35.5. The molecular formula is C24H28ClN2O2+. The van der Waals surface area contributed by atoms with Crippen LogP contribution in [0.1, 0.15) is 48.2 Å². The quantitative estimate of drug-likeness (QED) is 0.504. The van der Waals surface area contributed by atoms with Crippen LogP contribution in [-0.4, -0.2) is 30.5 Å². The molecule has 29 heavy (non-hydrogen) atoms. The molecule has 4 rings (SSSR count). The summed E-state index contributed by atoms with van der Waals surface area (Å²) >= 11 is 6.00. The Balaban J connectivity index is 1.41. The van der Waals surface area contributed by atoms with Crippen LogP contribution in [-0.2, 0) is 6.54 Å². The fourth-order valence-electron chi connectivity index (χ4n) is 4.39. The molecule has 152 valence electrons. The lowest BCUT2D eigenvalue weighted by molar-refractivity contribution is -0.929. The summed E-state index contributed by atoms with van der Waals surface area (Å²) in [6, 6.07) is 15.9. The number of hydrogen-bond donors (Lipinski definition) is 1. The van der Waals surface area contributed by atoms with Crippen LogP contribution in [0.3, 0.4) is 0 Å². The lowest BCUT2D eigenvalue weighted by atomic mass is 9.92. The SMILES string of the molecule is C[N+](C)(Cc1ccc(NC(=O)c2cc3cc(Cl)ccc3o2)cc1)C1CCCCC1. The van der Waals surface area contributed by atoms with Crippen molar-refractivity contribution >= 4 is 34.2 Å². The number of furan rings is 1. The van der Waals surface area contributed by atoms with E-state index in [0.717, 1.165) is 28.1 Å². The third kappa shape index (κ3) is 4.65. The number of hydrogen-bond acceptors (Lipinski definition) is 2. The number of nitrogens with one attached hydrogen (secondary N) is 1. The molecule has 0 atom stereocenters. The molecule has 1 fully saturated rings. The number of carbonyl (C=O) groups excluding carboxylic acids is 1. The minimum Gasteiger partial charge on any atom is -0.451 e. The van der Waals surface area contributed by atoms with Crippen LogP contribution < -0.4 is 5.32 Å². The van der Waals surface area contributed by atoms with Gasteiger partial charge in [-0.25, -0.2) is 0 Å². The van der Waals surface area contributed by atoms with Crippen molar-refractivity contribution in [3.63, 3.8) is 0 Å². The average Bonchev–Trinajstić information content (AvgIpc) is 3.13. The van der Waals surface area contributed by atoms with E-state index in [-0.39, 0.29) is 11.7 Å². The van der Waals surface area contributed by atoms with E-state index in [9.17, 15) is 4.79 Å². The molecule has 3 aromatic rings. The number of halogens is 1. The molecule has 2 aromatic carbocycles. The third-order valence-electron chi connectivity index (χ3n) is 6.07. The first-order valence-electron chi connectivity index (χ1n) is 10.3. The Bertz CT molecular complexity index is 1000.